The summed E-state index contributed by atoms with van der Waals surface area (Å²) in [6.45, 7) is 3.16. The maximum absolute atomic E-state index is 11.2. The Morgan fingerprint density at radius 3 is 2.90 bits per heavy atom. The van der Waals surface area contributed by atoms with Crippen molar-refractivity contribution in [2.45, 2.75) is 0 Å². The number of nitrogens with one attached hydrogen (secondary N) is 1. The lowest BCUT2D eigenvalue weighted by atomic mass is 9.82. The maximum Gasteiger partial charge on any atom is 0.339 e. The zero-order valence-corrected chi connectivity index (χ0v) is 13.0. The van der Waals surface area contributed by atoms with Crippen LogP contribution in [0.15, 0.2) is 18.3 Å². The van der Waals surface area contributed by atoms with E-state index in [2.05, 4.69) is 10.3 Å². The second kappa shape index (κ2) is 6.79. The van der Waals surface area contributed by atoms with Gasteiger partial charge in [0.2, 0.25) is 0 Å². The largest absolute Gasteiger partial charge is 0.478 e. The van der Waals surface area contributed by atoms with Gasteiger partial charge in [-0.05, 0) is 18.1 Å². The van der Waals surface area contributed by atoms with E-state index in [-0.39, 0.29) is 42.4 Å². The molecule has 118 valence electrons. The van der Waals surface area contributed by atoms with E-state index < -0.39 is 5.97 Å². The Morgan fingerprint density at radius 1 is 1.52 bits per heavy atom. The fourth-order valence-corrected chi connectivity index (χ4v) is 3.22. The number of hydrogen-bond acceptors (Lipinski definition) is 5. The van der Waals surface area contributed by atoms with Crippen molar-refractivity contribution >= 4 is 36.6 Å². The molecule has 0 spiro atoms. The van der Waals surface area contributed by atoms with Gasteiger partial charge in [0.05, 0.1) is 6.61 Å². The number of pyridine rings is 1. The highest BCUT2D eigenvalue weighted by atomic mass is 35.5. The van der Waals surface area contributed by atoms with Gasteiger partial charge in [-0.15, -0.1) is 24.8 Å². The zero-order valence-electron chi connectivity index (χ0n) is 11.4. The number of aliphatic hydroxyl groups is 1. The third-order valence-corrected chi connectivity index (χ3v) is 4.31. The number of carboxylic acid groups (broad SMARTS) is 1. The van der Waals surface area contributed by atoms with Crippen molar-refractivity contribution in [1.29, 1.82) is 0 Å². The molecule has 0 amide bonds. The van der Waals surface area contributed by atoms with Crippen molar-refractivity contribution in [2.24, 2.45) is 11.3 Å². The van der Waals surface area contributed by atoms with Gasteiger partial charge in [0.1, 0.15) is 11.4 Å². The predicted molar refractivity (Wildman–Crippen MR) is 83.8 cm³/mol. The standard InChI is InChI=1S/C13H17N3O3.2ClH/c17-8-13-6-14-4-9(13)5-16(7-13)11-10(12(18)19)2-1-3-15-11;;/h1-3,9,14,17H,4-8H2,(H,18,19);2*1H. The van der Waals surface area contributed by atoms with E-state index in [9.17, 15) is 15.0 Å². The summed E-state index contributed by atoms with van der Waals surface area (Å²) in [4.78, 5) is 17.5. The first kappa shape index (κ1) is 18.0. The summed E-state index contributed by atoms with van der Waals surface area (Å²) in [5.41, 5.74) is 0.0661. The number of anilines is 1. The number of aliphatic hydroxyl groups excluding tert-OH is 1. The second-order valence-corrected chi connectivity index (χ2v) is 5.41. The molecule has 2 fully saturated rings. The SMILES string of the molecule is Cl.Cl.O=C(O)c1cccnc1N1CC2CNCC2(CO)C1. The van der Waals surface area contributed by atoms with Gasteiger partial charge in [0.25, 0.3) is 0 Å². The van der Waals surface area contributed by atoms with Crippen LogP contribution in [0.25, 0.3) is 0 Å². The van der Waals surface area contributed by atoms with Gasteiger partial charge in [-0.25, -0.2) is 9.78 Å². The topological polar surface area (TPSA) is 85.7 Å². The summed E-state index contributed by atoms with van der Waals surface area (Å²) in [7, 11) is 0. The quantitative estimate of drug-likeness (QED) is 0.751. The minimum Gasteiger partial charge on any atom is -0.478 e. The minimum atomic E-state index is -0.962. The summed E-state index contributed by atoms with van der Waals surface area (Å²) in [5.74, 6) is -0.102. The molecule has 3 heterocycles. The number of hydrogen-bond donors (Lipinski definition) is 3. The molecule has 3 N–H and O–H groups in total. The number of aromatic carboxylic acids is 1. The highest BCUT2D eigenvalue weighted by Gasteiger charge is 2.50. The van der Waals surface area contributed by atoms with Crippen LogP contribution < -0.4 is 10.2 Å². The van der Waals surface area contributed by atoms with Crippen molar-refractivity contribution in [2.75, 3.05) is 37.7 Å². The summed E-state index contributed by atoms with van der Waals surface area (Å²) in [6, 6.07) is 3.20. The van der Waals surface area contributed by atoms with E-state index in [0.29, 0.717) is 18.3 Å². The predicted octanol–water partition coefficient (Wildman–Crippen LogP) is 0.641. The Balaban J connectivity index is 0.00000110. The molecule has 2 atom stereocenters. The molecule has 3 rings (SSSR count). The van der Waals surface area contributed by atoms with Crippen molar-refractivity contribution in [3.63, 3.8) is 0 Å². The van der Waals surface area contributed by atoms with Crippen LogP contribution in [0.5, 0.6) is 0 Å². The number of nitrogens with zero attached hydrogens (tertiary/aromatic N) is 2. The van der Waals surface area contributed by atoms with Crippen molar-refractivity contribution in [3.05, 3.63) is 23.9 Å². The van der Waals surface area contributed by atoms with Crippen molar-refractivity contribution in [1.82, 2.24) is 10.3 Å². The lowest BCUT2D eigenvalue weighted by Crippen LogP contribution is -2.36. The van der Waals surface area contributed by atoms with Crippen molar-refractivity contribution < 1.29 is 15.0 Å². The first-order chi connectivity index (χ1) is 9.16. The van der Waals surface area contributed by atoms with Crippen LogP contribution in [0.2, 0.25) is 0 Å². The van der Waals surface area contributed by atoms with E-state index >= 15 is 0 Å². The van der Waals surface area contributed by atoms with E-state index in [0.717, 1.165) is 19.6 Å². The van der Waals surface area contributed by atoms with Gasteiger partial charge in [0, 0.05) is 37.8 Å². The third kappa shape index (κ3) is 2.94. The lowest BCUT2D eigenvalue weighted by Gasteiger charge is -2.25. The van der Waals surface area contributed by atoms with E-state index in [1.807, 2.05) is 4.90 Å². The molecule has 0 bridgehead atoms. The fraction of sp³-hybridized carbons (Fsp3) is 0.538. The number of aromatic nitrogens is 1. The molecular formula is C13H19Cl2N3O3. The Morgan fingerprint density at radius 2 is 2.29 bits per heavy atom. The molecule has 0 aliphatic carbocycles. The molecule has 0 radical (unpaired) electrons. The molecule has 1 aromatic heterocycles. The number of carbonyl (C=O) groups is 1. The van der Waals surface area contributed by atoms with E-state index in [1.165, 1.54) is 0 Å². The van der Waals surface area contributed by atoms with Gasteiger partial charge in [-0.3, -0.25) is 0 Å². The van der Waals surface area contributed by atoms with Gasteiger partial charge in [0.15, 0.2) is 0 Å². The molecule has 0 aromatic carbocycles. The summed E-state index contributed by atoms with van der Waals surface area (Å²) < 4.78 is 0. The highest BCUT2D eigenvalue weighted by Crippen LogP contribution is 2.40. The van der Waals surface area contributed by atoms with Crippen LogP contribution in [0, 0.1) is 11.3 Å². The average Bonchev–Trinajstić information content (AvgIpc) is 2.95. The monoisotopic (exact) mass is 335 g/mol. The van der Waals surface area contributed by atoms with Gasteiger partial charge >= 0.3 is 5.97 Å². The number of rotatable bonds is 3. The van der Waals surface area contributed by atoms with Crippen LogP contribution in [0.1, 0.15) is 10.4 Å². The van der Waals surface area contributed by atoms with Gasteiger partial charge in [-0.1, -0.05) is 0 Å². The minimum absolute atomic E-state index is 0. The highest BCUT2D eigenvalue weighted by molar-refractivity contribution is 5.93. The lowest BCUT2D eigenvalue weighted by molar-refractivity contribution is 0.0697. The molecule has 2 aliphatic rings. The second-order valence-electron chi connectivity index (χ2n) is 5.41. The van der Waals surface area contributed by atoms with Crippen LogP contribution in [-0.2, 0) is 0 Å². The molecule has 2 saturated heterocycles. The van der Waals surface area contributed by atoms with E-state index in [1.54, 1.807) is 18.3 Å². The Bertz CT molecular complexity index is 517. The van der Waals surface area contributed by atoms with Crippen LogP contribution >= 0.6 is 24.8 Å². The van der Waals surface area contributed by atoms with Crippen LogP contribution in [-0.4, -0.2) is 54.0 Å². The van der Waals surface area contributed by atoms with Crippen LogP contribution in [0.4, 0.5) is 5.82 Å². The normalized spacial score (nSPS) is 26.7. The van der Waals surface area contributed by atoms with Gasteiger partial charge < -0.3 is 20.4 Å². The molecule has 8 heteroatoms. The maximum atomic E-state index is 11.2. The van der Waals surface area contributed by atoms with Crippen LogP contribution in [0.3, 0.4) is 0 Å². The van der Waals surface area contributed by atoms with Crippen molar-refractivity contribution in [3.8, 4) is 0 Å². The Kier molecular flexibility index (Phi) is 5.81. The molecule has 2 aliphatic heterocycles. The third-order valence-electron chi connectivity index (χ3n) is 4.31. The summed E-state index contributed by atoms with van der Waals surface area (Å²) in [5, 5.41) is 22.2. The Hall–Kier alpha value is -1.08. The first-order valence-electron chi connectivity index (χ1n) is 6.41. The molecule has 1 aromatic rings. The molecular weight excluding hydrogens is 317 g/mol. The molecule has 21 heavy (non-hydrogen) atoms. The van der Waals surface area contributed by atoms with E-state index in [4.69, 9.17) is 0 Å². The number of fused-ring (bicyclic) bond motifs is 1. The zero-order chi connectivity index (χ0) is 13.5. The molecule has 6 nitrogen and oxygen atoms in total. The smallest absolute Gasteiger partial charge is 0.339 e. The summed E-state index contributed by atoms with van der Waals surface area (Å²) >= 11 is 0. The Labute approximate surface area is 135 Å². The molecule has 2 unspecified atom stereocenters. The number of halogens is 2. The fourth-order valence-electron chi connectivity index (χ4n) is 3.22. The summed E-state index contributed by atoms with van der Waals surface area (Å²) in [6.07, 6.45) is 1.61. The van der Waals surface area contributed by atoms with Gasteiger partial charge in [-0.2, -0.15) is 0 Å². The average molecular weight is 336 g/mol. The number of carboxylic acids is 1. The molecule has 0 saturated carbocycles. The first-order valence-corrected chi connectivity index (χ1v) is 6.41.